The Balaban J connectivity index is 1.55. The molecule has 2 amide bonds. The molecule has 2 N–H and O–H groups in total. The van der Waals surface area contributed by atoms with E-state index in [1.807, 2.05) is 6.07 Å². The Labute approximate surface area is 136 Å². The third kappa shape index (κ3) is 3.51. The fourth-order valence-corrected chi connectivity index (χ4v) is 3.28. The quantitative estimate of drug-likeness (QED) is 0.841. The van der Waals surface area contributed by atoms with Crippen LogP contribution in [0.1, 0.15) is 0 Å². The number of ether oxygens (including phenoxy) is 2. The summed E-state index contributed by atoms with van der Waals surface area (Å²) in [6, 6.07) is 5.57. The van der Waals surface area contributed by atoms with Crippen molar-refractivity contribution in [1.29, 1.82) is 0 Å². The van der Waals surface area contributed by atoms with Gasteiger partial charge in [-0.1, -0.05) is 6.07 Å². The van der Waals surface area contributed by atoms with Crippen LogP contribution in [0, 0.1) is 0 Å². The standard InChI is InChI=1S/C16H24N4O3/c1-22-14-5-3-4-13(15(14)23-2)18-16(21)17-10-12-11-19-6-8-20(12)9-7-19/h3-5,12H,6-11H2,1-2H3,(H2,17,18,21). The van der Waals surface area contributed by atoms with Gasteiger partial charge >= 0.3 is 6.03 Å². The molecule has 3 aliphatic rings. The summed E-state index contributed by atoms with van der Waals surface area (Å²) in [4.78, 5) is 17.1. The van der Waals surface area contributed by atoms with Crippen molar-refractivity contribution in [3.8, 4) is 11.5 Å². The molecule has 1 unspecified atom stereocenters. The summed E-state index contributed by atoms with van der Waals surface area (Å²) in [5.74, 6) is 1.12. The lowest BCUT2D eigenvalue weighted by atomic mass is 10.1. The summed E-state index contributed by atoms with van der Waals surface area (Å²) in [6.45, 7) is 6.15. The van der Waals surface area contributed by atoms with E-state index in [9.17, 15) is 4.79 Å². The van der Waals surface area contributed by atoms with Crippen LogP contribution in [0.4, 0.5) is 10.5 Å². The van der Waals surface area contributed by atoms with Crippen LogP contribution in [0.15, 0.2) is 18.2 Å². The number of fused-ring (bicyclic) bond motifs is 3. The zero-order valence-corrected chi connectivity index (χ0v) is 13.7. The van der Waals surface area contributed by atoms with Gasteiger partial charge in [0.1, 0.15) is 0 Å². The summed E-state index contributed by atoms with van der Waals surface area (Å²) in [5, 5.41) is 5.79. The van der Waals surface area contributed by atoms with Crippen molar-refractivity contribution >= 4 is 11.7 Å². The smallest absolute Gasteiger partial charge is 0.319 e. The average Bonchev–Trinajstić information content (AvgIpc) is 2.60. The maximum absolute atomic E-state index is 12.2. The van der Waals surface area contributed by atoms with Crippen molar-refractivity contribution in [1.82, 2.24) is 15.1 Å². The number of hydrogen-bond acceptors (Lipinski definition) is 5. The zero-order chi connectivity index (χ0) is 16.2. The van der Waals surface area contributed by atoms with Crippen molar-refractivity contribution in [3.63, 3.8) is 0 Å². The van der Waals surface area contributed by atoms with E-state index < -0.39 is 0 Å². The lowest BCUT2D eigenvalue weighted by Gasteiger charge is -2.47. The van der Waals surface area contributed by atoms with Crippen molar-refractivity contribution in [3.05, 3.63) is 18.2 Å². The molecule has 3 saturated heterocycles. The Morgan fingerprint density at radius 1 is 1.22 bits per heavy atom. The number of methoxy groups -OCH3 is 2. The van der Waals surface area contributed by atoms with Gasteiger partial charge in [0.05, 0.1) is 19.9 Å². The average molecular weight is 320 g/mol. The molecule has 0 aliphatic carbocycles. The van der Waals surface area contributed by atoms with Crippen LogP contribution in [0.2, 0.25) is 0 Å². The fourth-order valence-electron chi connectivity index (χ4n) is 3.28. The fraction of sp³-hybridized carbons (Fsp3) is 0.562. The third-order valence-corrected chi connectivity index (χ3v) is 4.54. The molecule has 0 spiro atoms. The first-order valence-electron chi connectivity index (χ1n) is 7.93. The first-order chi connectivity index (χ1) is 11.2. The summed E-state index contributed by atoms with van der Waals surface area (Å²) < 4.78 is 10.6. The number of piperazine rings is 3. The van der Waals surface area contributed by atoms with Crippen LogP contribution in [0.3, 0.4) is 0 Å². The van der Waals surface area contributed by atoms with E-state index in [-0.39, 0.29) is 6.03 Å². The van der Waals surface area contributed by atoms with Gasteiger partial charge in [-0.25, -0.2) is 4.79 Å². The maximum Gasteiger partial charge on any atom is 0.319 e. The van der Waals surface area contributed by atoms with Crippen LogP contribution >= 0.6 is 0 Å². The number of carbonyl (C=O) groups excluding carboxylic acids is 1. The number of nitrogens with zero attached hydrogens (tertiary/aromatic N) is 2. The highest BCUT2D eigenvalue weighted by atomic mass is 16.5. The summed E-state index contributed by atoms with van der Waals surface area (Å²) in [6.07, 6.45) is 0. The van der Waals surface area contributed by atoms with Gasteiger partial charge in [-0.15, -0.1) is 0 Å². The van der Waals surface area contributed by atoms with E-state index in [4.69, 9.17) is 9.47 Å². The molecule has 3 fully saturated rings. The number of amides is 2. The van der Waals surface area contributed by atoms with Gasteiger partial charge in [-0.05, 0) is 12.1 Å². The first kappa shape index (κ1) is 15.9. The van der Waals surface area contributed by atoms with E-state index in [2.05, 4.69) is 20.4 Å². The largest absolute Gasteiger partial charge is 0.493 e. The zero-order valence-electron chi connectivity index (χ0n) is 13.7. The Morgan fingerprint density at radius 3 is 2.61 bits per heavy atom. The van der Waals surface area contributed by atoms with Crippen molar-refractivity contribution < 1.29 is 14.3 Å². The highest BCUT2D eigenvalue weighted by molar-refractivity contribution is 5.91. The van der Waals surface area contributed by atoms with Crippen LogP contribution in [0.5, 0.6) is 11.5 Å². The summed E-state index contributed by atoms with van der Waals surface area (Å²) in [5.41, 5.74) is 0.596. The van der Waals surface area contributed by atoms with E-state index in [0.717, 1.165) is 32.7 Å². The highest BCUT2D eigenvalue weighted by Gasteiger charge is 2.31. The van der Waals surface area contributed by atoms with Gasteiger partial charge in [0, 0.05) is 45.3 Å². The molecule has 0 saturated carbocycles. The minimum atomic E-state index is -0.228. The third-order valence-electron chi connectivity index (χ3n) is 4.54. The molecule has 1 aromatic rings. The Bertz CT molecular complexity index is 558. The molecular weight excluding hydrogens is 296 g/mol. The monoisotopic (exact) mass is 320 g/mol. The molecule has 0 radical (unpaired) electrons. The summed E-state index contributed by atoms with van der Waals surface area (Å²) >= 11 is 0. The van der Waals surface area contributed by atoms with E-state index in [0.29, 0.717) is 29.8 Å². The van der Waals surface area contributed by atoms with Crippen LogP contribution < -0.4 is 20.1 Å². The second-order valence-electron chi connectivity index (χ2n) is 5.87. The lowest BCUT2D eigenvalue weighted by Crippen LogP contribution is -2.63. The molecule has 4 rings (SSSR count). The Morgan fingerprint density at radius 2 is 2.00 bits per heavy atom. The molecule has 3 heterocycles. The van der Waals surface area contributed by atoms with E-state index in [1.165, 1.54) is 0 Å². The normalized spacial score (nSPS) is 25.7. The molecular formula is C16H24N4O3. The minimum Gasteiger partial charge on any atom is -0.493 e. The van der Waals surface area contributed by atoms with Gasteiger partial charge in [0.2, 0.25) is 0 Å². The topological polar surface area (TPSA) is 66.1 Å². The number of rotatable bonds is 5. The van der Waals surface area contributed by atoms with Crippen molar-refractivity contribution in [2.75, 3.05) is 58.8 Å². The number of urea groups is 1. The van der Waals surface area contributed by atoms with E-state index >= 15 is 0 Å². The number of hydrogen-bond donors (Lipinski definition) is 2. The van der Waals surface area contributed by atoms with Gasteiger partial charge in [0.15, 0.2) is 11.5 Å². The number of para-hydroxylation sites is 1. The van der Waals surface area contributed by atoms with Gasteiger partial charge in [0.25, 0.3) is 0 Å². The predicted molar refractivity (Wildman–Crippen MR) is 88.4 cm³/mol. The van der Waals surface area contributed by atoms with E-state index in [1.54, 1.807) is 26.4 Å². The Hall–Kier alpha value is -1.99. The van der Waals surface area contributed by atoms with Crippen LogP contribution in [-0.2, 0) is 0 Å². The van der Waals surface area contributed by atoms with Crippen LogP contribution in [0.25, 0.3) is 0 Å². The molecule has 7 heteroatoms. The molecule has 1 atom stereocenters. The van der Waals surface area contributed by atoms with Crippen LogP contribution in [-0.4, -0.2) is 75.4 Å². The molecule has 0 aromatic heterocycles. The Kier molecular flexibility index (Phi) is 4.88. The van der Waals surface area contributed by atoms with Crippen molar-refractivity contribution in [2.24, 2.45) is 0 Å². The van der Waals surface area contributed by atoms with Gasteiger partial charge < -0.3 is 20.1 Å². The predicted octanol–water partition coefficient (Wildman–Crippen LogP) is 0.825. The maximum atomic E-state index is 12.2. The number of nitrogens with one attached hydrogen (secondary N) is 2. The molecule has 3 aliphatic heterocycles. The second-order valence-corrected chi connectivity index (χ2v) is 5.87. The second kappa shape index (κ2) is 7.06. The highest BCUT2D eigenvalue weighted by Crippen LogP contribution is 2.34. The lowest BCUT2D eigenvalue weighted by molar-refractivity contribution is 0.0149. The molecule has 126 valence electrons. The summed E-state index contributed by atoms with van der Waals surface area (Å²) in [7, 11) is 3.13. The molecule has 2 bridgehead atoms. The van der Waals surface area contributed by atoms with Gasteiger partial charge in [-0.3, -0.25) is 9.80 Å². The molecule has 7 nitrogen and oxygen atoms in total. The number of benzene rings is 1. The number of carbonyl (C=O) groups is 1. The number of anilines is 1. The molecule has 1 aromatic carbocycles. The minimum absolute atomic E-state index is 0.228. The first-order valence-corrected chi connectivity index (χ1v) is 7.93. The van der Waals surface area contributed by atoms with Crippen molar-refractivity contribution in [2.45, 2.75) is 6.04 Å². The van der Waals surface area contributed by atoms with Gasteiger partial charge in [-0.2, -0.15) is 0 Å². The molecule has 23 heavy (non-hydrogen) atoms. The SMILES string of the molecule is COc1cccc(NC(=O)NCC2CN3CCN2CC3)c1OC.